The van der Waals surface area contributed by atoms with E-state index in [1.54, 1.807) is 6.20 Å². The van der Waals surface area contributed by atoms with Gasteiger partial charge in [0.15, 0.2) is 0 Å². The third-order valence-corrected chi connectivity index (χ3v) is 3.62. The first-order valence-corrected chi connectivity index (χ1v) is 7.32. The molecule has 0 bridgehead atoms. The van der Waals surface area contributed by atoms with Crippen LogP contribution in [-0.4, -0.2) is 15.8 Å². The van der Waals surface area contributed by atoms with Crippen LogP contribution in [0.1, 0.15) is 5.56 Å². The second-order valence-electron chi connectivity index (χ2n) is 5.22. The monoisotopic (exact) mass is 332 g/mol. The number of hydrogen-bond donors (Lipinski definition) is 2. The molecule has 0 saturated heterocycles. The summed E-state index contributed by atoms with van der Waals surface area (Å²) in [5, 5.41) is 23.4. The predicted octanol–water partition coefficient (Wildman–Crippen LogP) is 3.62. The first-order valence-electron chi connectivity index (χ1n) is 7.32. The van der Waals surface area contributed by atoms with Crippen LogP contribution in [0.4, 0.5) is 11.4 Å². The van der Waals surface area contributed by atoms with Gasteiger partial charge < -0.3 is 10.3 Å². The molecule has 1 aromatic heterocycles. The number of anilines is 1. The minimum Gasteiger partial charge on any atom is -0.361 e. The Morgan fingerprint density at radius 2 is 1.92 bits per heavy atom. The highest BCUT2D eigenvalue weighted by molar-refractivity contribution is 6.10. The average molecular weight is 332 g/mol. The molecule has 25 heavy (non-hydrogen) atoms. The van der Waals surface area contributed by atoms with Gasteiger partial charge in [-0.05, 0) is 24.3 Å². The third kappa shape index (κ3) is 3.38. The van der Waals surface area contributed by atoms with Crippen molar-refractivity contribution in [3.63, 3.8) is 0 Å². The summed E-state index contributed by atoms with van der Waals surface area (Å²) in [5.74, 6) is -0.582. The molecule has 1 amide bonds. The van der Waals surface area contributed by atoms with Gasteiger partial charge in [-0.2, -0.15) is 5.26 Å². The van der Waals surface area contributed by atoms with Crippen molar-refractivity contribution in [1.29, 1.82) is 5.26 Å². The fraction of sp³-hybridized carbons (Fsp3) is 0. The zero-order valence-electron chi connectivity index (χ0n) is 12.9. The van der Waals surface area contributed by atoms with Crippen molar-refractivity contribution in [2.24, 2.45) is 0 Å². The fourth-order valence-corrected chi connectivity index (χ4v) is 2.38. The Labute approximate surface area is 142 Å². The molecule has 0 radical (unpaired) electrons. The van der Waals surface area contributed by atoms with Crippen LogP contribution in [-0.2, 0) is 4.79 Å². The summed E-state index contributed by atoms with van der Waals surface area (Å²) in [6.45, 7) is 0. The number of rotatable bonds is 4. The van der Waals surface area contributed by atoms with Crippen LogP contribution in [0.2, 0.25) is 0 Å². The molecule has 0 aliphatic rings. The van der Waals surface area contributed by atoms with E-state index in [0.717, 1.165) is 16.5 Å². The van der Waals surface area contributed by atoms with E-state index in [9.17, 15) is 20.2 Å². The van der Waals surface area contributed by atoms with Crippen molar-refractivity contribution in [2.75, 3.05) is 5.32 Å². The molecule has 0 saturated carbocycles. The summed E-state index contributed by atoms with van der Waals surface area (Å²) in [5.41, 5.74) is 1.86. The van der Waals surface area contributed by atoms with Gasteiger partial charge in [0, 0.05) is 40.5 Å². The molecule has 3 rings (SSSR count). The Hall–Kier alpha value is -3.92. The minimum atomic E-state index is -0.582. The number of carbonyl (C=O) groups is 1. The second-order valence-corrected chi connectivity index (χ2v) is 5.22. The molecular formula is C18H12N4O3. The molecule has 0 aliphatic carbocycles. The summed E-state index contributed by atoms with van der Waals surface area (Å²) in [7, 11) is 0. The minimum absolute atomic E-state index is 0.0666. The van der Waals surface area contributed by atoms with E-state index >= 15 is 0 Å². The fourth-order valence-electron chi connectivity index (χ4n) is 2.38. The number of amides is 1. The highest BCUT2D eigenvalue weighted by atomic mass is 16.6. The number of para-hydroxylation sites is 1. The number of nitrogens with zero attached hydrogens (tertiary/aromatic N) is 2. The van der Waals surface area contributed by atoms with Crippen LogP contribution in [0, 0.1) is 21.4 Å². The van der Waals surface area contributed by atoms with E-state index in [1.165, 1.54) is 30.3 Å². The van der Waals surface area contributed by atoms with Gasteiger partial charge in [0.05, 0.1) is 4.92 Å². The summed E-state index contributed by atoms with van der Waals surface area (Å²) in [6, 6.07) is 14.8. The Morgan fingerprint density at radius 1 is 1.20 bits per heavy atom. The summed E-state index contributed by atoms with van der Waals surface area (Å²) < 4.78 is 0. The summed E-state index contributed by atoms with van der Waals surface area (Å²) in [6.07, 6.45) is 3.22. The van der Waals surface area contributed by atoms with Gasteiger partial charge in [-0.25, -0.2) is 0 Å². The SMILES string of the molecule is N#C/C(=C/c1c[nH]c2ccccc12)C(=O)Nc1ccc([N+](=O)[O-])cc1. The van der Waals surface area contributed by atoms with Crippen LogP contribution in [0.25, 0.3) is 17.0 Å². The highest BCUT2D eigenvalue weighted by Gasteiger charge is 2.12. The molecule has 3 aromatic rings. The number of nitro benzene ring substituents is 1. The summed E-state index contributed by atoms with van der Waals surface area (Å²) >= 11 is 0. The third-order valence-electron chi connectivity index (χ3n) is 3.62. The summed E-state index contributed by atoms with van der Waals surface area (Å²) in [4.78, 5) is 25.5. The Morgan fingerprint density at radius 3 is 2.60 bits per heavy atom. The van der Waals surface area contributed by atoms with Crippen LogP contribution in [0.5, 0.6) is 0 Å². The number of non-ortho nitro benzene ring substituents is 1. The maximum atomic E-state index is 12.3. The van der Waals surface area contributed by atoms with Gasteiger partial charge >= 0.3 is 0 Å². The van der Waals surface area contributed by atoms with E-state index in [-0.39, 0.29) is 11.3 Å². The lowest BCUT2D eigenvalue weighted by Gasteiger charge is -2.03. The molecule has 0 aliphatic heterocycles. The maximum Gasteiger partial charge on any atom is 0.269 e. The number of hydrogen-bond acceptors (Lipinski definition) is 4. The molecule has 0 unspecified atom stereocenters. The van der Waals surface area contributed by atoms with Crippen molar-refractivity contribution in [3.8, 4) is 6.07 Å². The standard InChI is InChI=1S/C18H12N4O3/c19-10-12(9-13-11-20-17-4-2-1-3-16(13)17)18(23)21-14-5-7-15(8-6-14)22(24)25/h1-9,11,20H,(H,21,23)/b12-9-. The van der Waals surface area contributed by atoms with Crippen LogP contribution in [0.3, 0.4) is 0 Å². The molecule has 1 heterocycles. The van der Waals surface area contributed by atoms with E-state index in [2.05, 4.69) is 10.3 Å². The molecule has 2 aromatic carbocycles. The molecule has 7 nitrogen and oxygen atoms in total. The number of aromatic amines is 1. The zero-order chi connectivity index (χ0) is 17.8. The maximum absolute atomic E-state index is 12.3. The number of nitrogens with one attached hydrogen (secondary N) is 2. The molecular weight excluding hydrogens is 320 g/mol. The van der Waals surface area contributed by atoms with Crippen molar-refractivity contribution >= 4 is 34.3 Å². The van der Waals surface area contributed by atoms with E-state index in [1.807, 2.05) is 30.3 Å². The molecule has 122 valence electrons. The zero-order valence-corrected chi connectivity index (χ0v) is 12.9. The van der Waals surface area contributed by atoms with Crippen molar-refractivity contribution in [1.82, 2.24) is 4.98 Å². The number of aromatic nitrogens is 1. The van der Waals surface area contributed by atoms with Crippen LogP contribution in [0.15, 0.2) is 60.3 Å². The Bertz CT molecular complexity index is 1030. The number of fused-ring (bicyclic) bond motifs is 1. The molecule has 0 atom stereocenters. The lowest BCUT2D eigenvalue weighted by atomic mass is 10.1. The number of nitro groups is 1. The Kier molecular flexibility index (Phi) is 4.26. The molecule has 7 heteroatoms. The van der Waals surface area contributed by atoms with Gasteiger partial charge in [-0.1, -0.05) is 18.2 Å². The predicted molar refractivity (Wildman–Crippen MR) is 93.6 cm³/mol. The van der Waals surface area contributed by atoms with E-state index < -0.39 is 10.8 Å². The number of carbonyl (C=O) groups excluding carboxylic acids is 1. The first-order chi connectivity index (χ1) is 12.1. The average Bonchev–Trinajstić information content (AvgIpc) is 3.03. The smallest absolute Gasteiger partial charge is 0.269 e. The van der Waals surface area contributed by atoms with Gasteiger partial charge in [0.1, 0.15) is 11.6 Å². The number of benzene rings is 2. The van der Waals surface area contributed by atoms with Crippen molar-refractivity contribution in [2.45, 2.75) is 0 Å². The number of H-pyrrole nitrogens is 1. The highest BCUT2D eigenvalue weighted by Crippen LogP contribution is 2.21. The van der Waals surface area contributed by atoms with Gasteiger partial charge in [-0.3, -0.25) is 14.9 Å². The van der Waals surface area contributed by atoms with Crippen LogP contribution >= 0.6 is 0 Å². The lowest BCUT2D eigenvalue weighted by Crippen LogP contribution is -2.13. The van der Waals surface area contributed by atoms with Gasteiger partial charge in [0.25, 0.3) is 11.6 Å². The van der Waals surface area contributed by atoms with Crippen LogP contribution < -0.4 is 5.32 Å². The van der Waals surface area contributed by atoms with Gasteiger partial charge in [-0.15, -0.1) is 0 Å². The molecule has 0 fully saturated rings. The number of nitriles is 1. The van der Waals surface area contributed by atoms with E-state index in [4.69, 9.17) is 0 Å². The van der Waals surface area contributed by atoms with Crippen molar-refractivity contribution in [3.05, 3.63) is 76.0 Å². The normalized spacial score (nSPS) is 11.1. The topological polar surface area (TPSA) is 112 Å². The lowest BCUT2D eigenvalue weighted by molar-refractivity contribution is -0.384. The quantitative estimate of drug-likeness (QED) is 0.329. The van der Waals surface area contributed by atoms with Gasteiger partial charge in [0.2, 0.25) is 0 Å². The van der Waals surface area contributed by atoms with E-state index in [0.29, 0.717) is 5.69 Å². The second kappa shape index (κ2) is 6.68. The van der Waals surface area contributed by atoms with Crippen molar-refractivity contribution < 1.29 is 9.72 Å². The Balaban J connectivity index is 1.84. The molecule has 0 spiro atoms. The molecule has 2 N–H and O–H groups in total. The first kappa shape index (κ1) is 16.0. The largest absolute Gasteiger partial charge is 0.361 e.